The largest absolute Gasteiger partial charge is 0.477 e. The van der Waals surface area contributed by atoms with Gasteiger partial charge >= 0.3 is 6.18 Å². The van der Waals surface area contributed by atoms with Crippen LogP contribution in [0.5, 0.6) is 0 Å². The van der Waals surface area contributed by atoms with E-state index in [2.05, 4.69) is 15.0 Å². The van der Waals surface area contributed by atoms with Gasteiger partial charge < -0.3 is 19.3 Å². The van der Waals surface area contributed by atoms with Crippen molar-refractivity contribution in [1.29, 1.82) is 5.26 Å². The lowest BCUT2D eigenvalue weighted by molar-refractivity contribution is -0.176. The van der Waals surface area contributed by atoms with Crippen LogP contribution in [0.25, 0.3) is 0 Å². The lowest BCUT2D eigenvalue weighted by Gasteiger charge is -2.41. The van der Waals surface area contributed by atoms with Crippen LogP contribution >= 0.6 is 0 Å². The Bertz CT molecular complexity index is 904. The van der Waals surface area contributed by atoms with Gasteiger partial charge in [0.1, 0.15) is 11.8 Å². The van der Waals surface area contributed by atoms with Gasteiger partial charge in [-0.25, -0.2) is 15.0 Å². The van der Waals surface area contributed by atoms with Crippen LogP contribution in [0.3, 0.4) is 0 Å². The molecule has 1 saturated heterocycles. The number of piperazine rings is 1. The van der Waals surface area contributed by atoms with E-state index >= 15 is 0 Å². The highest BCUT2D eigenvalue weighted by atomic mass is 19.4. The Morgan fingerprint density at radius 3 is 2.52 bits per heavy atom. The number of amides is 1. The predicted octanol–water partition coefficient (Wildman–Crippen LogP) is 1.75. The van der Waals surface area contributed by atoms with Crippen molar-refractivity contribution in [1.82, 2.24) is 14.9 Å². The maximum absolute atomic E-state index is 13.4. The number of aliphatic imine (C=N–C) groups is 1. The van der Waals surface area contributed by atoms with Crippen molar-refractivity contribution in [3.8, 4) is 6.07 Å². The second-order valence-electron chi connectivity index (χ2n) is 7.76. The van der Waals surface area contributed by atoms with Gasteiger partial charge in [0.25, 0.3) is 11.6 Å². The Kier molecular flexibility index (Phi) is 5.47. The molecule has 4 rings (SSSR count). The molecule has 1 saturated carbocycles. The molecule has 0 spiro atoms. The Morgan fingerprint density at radius 1 is 1.23 bits per heavy atom. The second kappa shape index (κ2) is 7.96. The summed E-state index contributed by atoms with van der Waals surface area (Å²) in [6.45, 7) is 1.06. The molecule has 1 aromatic heterocycles. The van der Waals surface area contributed by atoms with Crippen LogP contribution in [0.2, 0.25) is 0 Å². The number of nitrogens with zero attached hydrogens (tertiary/aromatic N) is 6. The van der Waals surface area contributed by atoms with Crippen LogP contribution in [0, 0.1) is 11.3 Å². The van der Waals surface area contributed by atoms with Crippen molar-refractivity contribution in [3.63, 3.8) is 0 Å². The maximum Gasteiger partial charge on any atom is 0.433 e. The highest BCUT2D eigenvalue weighted by Gasteiger charge is 2.52. The van der Waals surface area contributed by atoms with Gasteiger partial charge in [0.05, 0.1) is 0 Å². The van der Waals surface area contributed by atoms with Gasteiger partial charge in [-0.1, -0.05) is 0 Å². The molecule has 2 aliphatic heterocycles. The second-order valence-corrected chi connectivity index (χ2v) is 7.76. The van der Waals surface area contributed by atoms with Crippen molar-refractivity contribution in [3.05, 3.63) is 18.0 Å². The summed E-state index contributed by atoms with van der Waals surface area (Å²) in [4.78, 5) is 28.2. The average molecular weight is 438 g/mol. The lowest BCUT2D eigenvalue weighted by Crippen LogP contribution is -2.58. The third kappa shape index (κ3) is 4.14. The van der Waals surface area contributed by atoms with Crippen LogP contribution in [-0.4, -0.2) is 71.3 Å². The number of alkyl halides is 3. The van der Waals surface area contributed by atoms with Crippen LogP contribution < -0.4 is 4.90 Å². The van der Waals surface area contributed by atoms with Gasteiger partial charge in [-0.05, 0) is 31.7 Å². The minimum Gasteiger partial charge on any atom is -0.477 e. The fraction of sp³-hybridized carbons (Fsp3) is 0.632. The summed E-state index contributed by atoms with van der Waals surface area (Å²) >= 11 is 0. The number of hydrogen-bond donors (Lipinski definition) is 0. The molecule has 9 nitrogen and oxygen atoms in total. The molecule has 1 amide bonds. The average Bonchev–Trinajstić information content (AvgIpc) is 3.44. The van der Waals surface area contributed by atoms with Gasteiger partial charge in [0.15, 0.2) is 18.6 Å². The van der Waals surface area contributed by atoms with Crippen LogP contribution in [0.4, 0.5) is 19.1 Å². The zero-order valence-corrected chi connectivity index (χ0v) is 16.6. The minimum atomic E-state index is -4.55. The Balaban J connectivity index is 1.45. The minimum absolute atomic E-state index is 0.0189. The summed E-state index contributed by atoms with van der Waals surface area (Å²) < 4.78 is 49.9. The van der Waals surface area contributed by atoms with Crippen molar-refractivity contribution >= 4 is 18.3 Å². The Morgan fingerprint density at radius 2 is 1.94 bits per heavy atom. The van der Waals surface area contributed by atoms with E-state index in [1.54, 1.807) is 9.80 Å². The number of hydrogen-bond acceptors (Lipinski definition) is 8. The number of rotatable bonds is 4. The molecule has 1 aromatic rings. The van der Waals surface area contributed by atoms with Gasteiger partial charge in [-0.15, -0.1) is 0 Å². The molecule has 2 fully saturated rings. The fourth-order valence-corrected chi connectivity index (χ4v) is 4.13. The number of aromatic nitrogens is 2. The van der Waals surface area contributed by atoms with Crippen molar-refractivity contribution in [2.75, 3.05) is 37.7 Å². The van der Waals surface area contributed by atoms with E-state index in [0.29, 0.717) is 12.8 Å². The van der Waals surface area contributed by atoms with Crippen molar-refractivity contribution < 1.29 is 27.4 Å². The fourth-order valence-electron chi connectivity index (χ4n) is 4.13. The number of ether oxygens (including phenoxy) is 2. The molecule has 3 heterocycles. The first-order chi connectivity index (χ1) is 14.8. The third-order valence-electron chi connectivity index (χ3n) is 5.74. The zero-order chi connectivity index (χ0) is 22.1. The quantitative estimate of drug-likeness (QED) is 0.705. The number of nitriles is 1. The molecule has 31 heavy (non-hydrogen) atoms. The molecule has 0 radical (unpaired) electrons. The molecular formula is C19H21F3N6O3. The molecule has 0 aromatic carbocycles. The third-order valence-corrected chi connectivity index (χ3v) is 5.74. The van der Waals surface area contributed by atoms with E-state index in [-0.39, 0.29) is 44.6 Å². The number of carbonyl (C=O) groups is 1. The summed E-state index contributed by atoms with van der Waals surface area (Å²) in [5, 5.41) is 9.53. The summed E-state index contributed by atoms with van der Waals surface area (Å²) in [5.41, 5.74) is -3.70. The van der Waals surface area contributed by atoms with E-state index in [1.807, 2.05) is 6.07 Å². The number of anilines is 1. The molecule has 1 aliphatic carbocycles. The summed E-state index contributed by atoms with van der Waals surface area (Å²) in [5.74, 6) is -0.249. The van der Waals surface area contributed by atoms with Crippen LogP contribution in [0.15, 0.2) is 17.3 Å². The van der Waals surface area contributed by atoms with E-state index in [9.17, 15) is 23.2 Å². The van der Waals surface area contributed by atoms with Crippen LogP contribution in [0.1, 0.15) is 31.4 Å². The highest BCUT2D eigenvalue weighted by molar-refractivity contribution is 5.86. The molecule has 1 unspecified atom stereocenters. The molecule has 3 aliphatic rings. The SMILES string of the molecule is N#CC1(OC2(C(=O)N3CCN(c4nccc(C(F)(F)F)n4)CC3)CCCC2)COC=N1. The maximum atomic E-state index is 13.4. The van der Waals surface area contributed by atoms with Crippen LogP contribution in [-0.2, 0) is 20.4 Å². The predicted molar refractivity (Wildman–Crippen MR) is 101 cm³/mol. The van der Waals surface area contributed by atoms with Crippen molar-refractivity contribution in [2.45, 2.75) is 43.2 Å². The zero-order valence-electron chi connectivity index (χ0n) is 16.6. The standard InChI is InChI=1S/C19H21F3N6O3/c20-19(21,22)14-3-6-24-16(26-14)28-9-7-27(8-10-28)15(29)17(4-1-2-5-17)31-18(11-23)12-30-13-25-18/h3,6,13H,1-2,4-5,7-10,12H2. The Labute approximate surface area is 176 Å². The van der Waals surface area contributed by atoms with E-state index in [0.717, 1.165) is 31.5 Å². The van der Waals surface area contributed by atoms with E-state index in [4.69, 9.17) is 9.47 Å². The molecule has 0 N–H and O–H groups in total. The molecule has 0 bridgehead atoms. The first-order valence-corrected chi connectivity index (χ1v) is 9.98. The highest BCUT2D eigenvalue weighted by Crippen LogP contribution is 2.39. The lowest BCUT2D eigenvalue weighted by atomic mass is 9.98. The number of carbonyl (C=O) groups excluding carboxylic acids is 1. The topological polar surface area (TPSA) is 104 Å². The van der Waals surface area contributed by atoms with Gasteiger partial charge in [-0.3, -0.25) is 4.79 Å². The molecular weight excluding hydrogens is 417 g/mol. The van der Waals surface area contributed by atoms with Crippen molar-refractivity contribution in [2.24, 2.45) is 4.99 Å². The van der Waals surface area contributed by atoms with E-state index < -0.39 is 23.2 Å². The van der Waals surface area contributed by atoms with Gasteiger partial charge in [0.2, 0.25) is 5.95 Å². The van der Waals surface area contributed by atoms with E-state index in [1.165, 1.54) is 0 Å². The summed E-state index contributed by atoms with van der Waals surface area (Å²) in [6.07, 6.45) is 0.208. The molecule has 1 atom stereocenters. The first-order valence-electron chi connectivity index (χ1n) is 9.98. The monoisotopic (exact) mass is 438 g/mol. The summed E-state index contributed by atoms with van der Waals surface area (Å²) in [6, 6.07) is 2.82. The molecule has 12 heteroatoms. The first kappa shape index (κ1) is 21.3. The van der Waals surface area contributed by atoms with Gasteiger partial charge in [0, 0.05) is 32.4 Å². The number of halogens is 3. The Hall–Kier alpha value is -2.94. The van der Waals surface area contributed by atoms with Gasteiger partial charge in [-0.2, -0.15) is 18.4 Å². The summed E-state index contributed by atoms with van der Waals surface area (Å²) in [7, 11) is 0. The normalized spacial score (nSPS) is 25.4. The molecule has 166 valence electrons. The smallest absolute Gasteiger partial charge is 0.433 e.